The van der Waals surface area contributed by atoms with Crippen molar-refractivity contribution in [3.63, 3.8) is 0 Å². The lowest BCUT2D eigenvalue weighted by Crippen LogP contribution is -2.54. The van der Waals surface area contributed by atoms with Crippen molar-refractivity contribution in [1.82, 2.24) is 5.32 Å². The molecular formula is C18H26BrClN2O4. The van der Waals surface area contributed by atoms with Gasteiger partial charge < -0.3 is 24.8 Å². The number of methoxy groups -OCH3 is 1. The average molecular weight is 450 g/mol. The molecule has 1 heterocycles. The number of halogens is 2. The van der Waals surface area contributed by atoms with Gasteiger partial charge in [0, 0.05) is 40.9 Å². The van der Waals surface area contributed by atoms with E-state index in [0.717, 1.165) is 15.7 Å². The molecule has 1 aromatic rings. The predicted octanol–water partition coefficient (Wildman–Crippen LogP) is 3.71. The Hall–Kier alpha value is -1.02. The number of nitrogens with zero attached hydrogens (tertiary/aromatic N) is 1. The summed E-state index contributed by atoms with van der Waals surface area (Å²) in [6.45, 7) is 6.95. The zero-order valence-corrected chi connectivity index (χ0v) is 17.9. The highest BCUT2D eigenvalue weighted by Gasteiger charge is 2.41. The van der Waals surface area contributed by atoms with Crippen LogP contribution in [0.3, 0.4) is 0 Å². The Labute approximate surface area is 167 Å². The number of benzene rings is 1. The molecule has 0 aromatic heterocycles. The van der Waals surface area contributed by atoms with Gasteiger partial charge in [-0.25, -0.2) is 4.79 Å². The number of aliphatic hydroxyl groups is 1. The van der Waals surface area contributed by atoms with Gasteiger partial charge in [0.1, 0.15) is 5.60 Å². The van der Waals surface area contributed by atoms with Gasteiger partial charge in [0.2, 0.25) is 0 Å². The Morgan fingerprint density at radius 1 is 1.46 bits per heavy atom. The number of carbonyl (C=O) groups is 1. The third kappa shape index (κ3) is 5.25. The number of ether oxygens (including phenoxy) is 2. The normalized spacial score (nSPS) is 20.3. The molecule has 1 saturated heterocycles. The summed E-state index contributed by atoms with van der Waals surface area (Å²) < 4.78 is 11.5. The van der Waals surface area contributed by atoms with Gasteiger partial charge in [-0.1, -0.05) is 27.5 Å². The summed E-state index contributed by atoms with van der Waals surface area (Å²) in [6.07, 6.45) is 0.223. The first-order valence-electron chi connectivity index (χ1n) is 8.43. The Kier molecular flexibility index (Phi) is 6.82. The zero-order valence-electron chi connectivity index (χ0n) is 15.6. The molecule has 1 unspecified atom stereocenters. The monoisotopic (exact) mass is 448 g/mol. The van der Waals surface area contributed by atoms with Crippen LogP contribution < -0.4 is 10.2 Å². The first kappa shape index (κ1) is 21.3. The molecule has 2 N–H and O–H groups in total. The number of hydrogen-bond acceptors (Lipinski definition) is 5. The molecule has 0 spiro atoms. The van der Waals surface area contributed by atoms with Gasteiger partial charge in [0.15, 0.2) is 0 Å². The van der Waals surface area contributed by atoms with Crippen LogP contribution in [0.1, 0.15) is 32.8 Å². The summed E-state index contributed by atoms with van der Waals surface area (Å²) in [5.74, 6) is 0. The van der Waals surface area contributed by atoms with Crippen molar-refractivity contribution in [1.29, 1.82) is 0 Å². The third-order valence-electron chi connectivity index (χ3n) is 4.18. The molecule has 0 bridgehead atoms. The number of carbonyl (C=O) groups excluding carboxylic acids is 1. The molecule has 2 rings (SSSR count). The summed E-state index contributed by atoms with van der Waals surface area (Å²) in [6, 6.07) is 3.59. The van der Waals surface area contributed by atoms with Crippen molar-refractivity contribution in [3.05, 3.63) is 27.2 Å². The van der Waals surface area contributed by atoms with Gasteiger partial charge in [-0.15, -0.1) is 0 Å². The fraction of sp³-hybridized carbons (Fsp3) is 0.611. The number of rotatable bonds is 5. The highest BCUT2D eigenvalue weighted by molar-refractivity contribution is 9.10. The smallest absolute Gasteiger partial charge is 0.408 e. The third-order valence-corrected chi connectivity index (χ3v) is 5.10. The SMILES string of the molecule is COCC1(NC(=O)OC(C)(C)C)CCN(c2cc(Cl)cc(Br)c2CO)C1. The van der Waals surface area contributed by atoms with Crippen molar-refractivity contribution < 1.29 is 19.4 Å². The Morgan fingerprint density at radius 2 is 2.15 bits per heavy atom. The minimum atomic E-state index is -0.571. The lowest BCUT2D eigenvalue weighted by atomic mass is 10.00. The molecule has 0 aliphatic carbocycles. The van der Waals surface area contributed by atoms with E-state index in [9.17, 15) is 9.90 Å². The van der Waals surface area contributed by atoms with Gasteiger partial charge in [0.05, 0.1) is 18.8 Å². The molecule has 1 fully saturated rings. The first-order valence-corrected chi connectivity index (χ1v) is 9.60. The van der Waals surface area contributed by atoms with Gasteiger partial charge in [-0.2, -0.15) is 0 Å². The van der Waals surface area contributed by atoms with Crippen molar-refractivity contribution >= 4 is 39.3 Å². The summed E-state index contributed by atoms with van der Waals surface area (Å²) in [4.78, 5) is 14.4. The van der Waals surface area contributed by atoms with E-state index in [1.807, 2.05) is 26.8 Å². The van der Waals surface area contributed by atoms with Gasteiger partial charge in [-0.3, -0.25) is 0 Å². The maximum absolute atomic E-state index is 12.3. The lowest BCUT2D eigenvalue weighted by Gasteiger charge is -2.32. The average Bonchev–Trinajstić information content (AvgIpc) is 2.88. The van der Waals surface area contributed by atoms with Crippen molar-refractivity contribution in [2.75, 3.05) is 31.7 Å². The van der Waals surface area contributed by atoms with Crippen LogP contribution in [-0.4, -0.2) is 49.1 Å². The second kappa shape index (κ2) is 8.33. The number of alkyl carbamates (subject to hydrolysis) is 1. The van der Waals surface area contributed by atoms with Crippen LogP contribution in [-0.2, 0) is 16.1 Å². The molecule has 0 saturated carbocycles. The van der Waals surface area contributed by atoms with E-state index >= 15 is 0 Å². The number of aliphatic hydroxyl groups excluding tert-OH is 1. The van der Waals surface area contributed by atoms with Gasteiger partial charge >= 0.3 is 6.09 Å². The molecule has 1 aromatic carbocycles. The minimum Gasteiger partial charge on any atom is -0.444 e. The minimum absolute atomic E-state index is 0.111. The van der Waals surface area contributed by atoms with E-state index in [-0.39, 0.29) is 6.61 Å². The summed E-state index contributed by atoms with van der Waals surface area (Å²) in [5.41, 5.74) is 0.465. The van der Waals surface area contributed by atoms with E-state index < -0.39 is 17.2 Å². The molecule has 1 atom stereocenters. The van der Waals surface area contributed by atoms with Crippen LogP contribution in [0, 0.1) is 0 Å². The van der Waals surface area contributed by atoms with E-state index in [1.165, 1.54) is 0 Å². The topological polar surface area (TPSA) is 71.0 Å². The second-order valence-corrected chi connectivity index (χ2v) is 8.85. The fourth-order valence-corrected chi connectivity index (χ4v) is 4.08. The van der Waals surface area contributed by atoms with Crippen molar-refractivity contribution in [3.8, 4) is 0 Å². The molecule has 8 heteroatoms. The van der Waals surface area contributed by atoms with Crippen LogP contribution >= 0.6 is 27.5 Å². The quantitative estimate of drug-likeness (QED) is 0.717. The molecule has 26 heavy (non-hydrogen) atoms. The Balaban J connectivity index is 2.23. The number of amides is 1. The largest absolute Gasteiger partial charge is 0.444 e. The van der Waals surface area contributed by atoms with E-state index in [0.29, 0.717) is 31.1 Å². The van der Waals surface area contributed by atoms with E-state index in [2.05, 4.69) is 26.1 Å². The fourth-order valence-electron chi connectivity index (χ4n) is 3.16. The molecule has 146 valence electrons. The van der Waals surface area contributed by atoms with Crippen LogP contribution in [0.15, 0.2) is 16.6 Å². The summed E-state index contributed by atoms with van der Waals surface area (Å²) in [5, 5.41) is 13.3. The highest BCUT2D eigenvalue weighted by Crippen LogP contribution is 2.36. The first-order chi connectivity index (χ1) is 12.1. The maximum Gasteiger partial charge on any atom is 0.408 e. The van der Waals surface area contributed by atoms with Crippen molar-refractivity contribution in [2.24, 2.45) is 0 Å². The molecule has 6 nitrogen and oxygen atoms in total. The summed E-state index contributed by atoms with van der Waals surface area (Å²) >= 11 is 9.65. The number of nitrogens with one attached hydrogen (secondary N) is 1. The Morgan fingerprint density at radius 3 is 2.73 bits per heavy atom. The predicted molar refractivity (Wildman–Crippen MR) is 106 cm³/mol. The Bertz CT molecular complexity index is 665. The highest BCUT2D eigenvalue weighted by atomic mass is 79.9. The van der Waals surface area contributed by atoms with E-state index in [1.54, 1.807) is 13.2 Å². The standard InChI is InChI=1S/C18H26BrClN2O4/c1-17(2,3)26-16(24)21-18(11-25-4)5-6-22(10-18)15-8-12(20)7-14(19)13(15)9-23/h7-8,23H,5-6,9-11H2,1-4H3,(H,21,24). The number of hydrogen-bond donors (Lipinski definition) is 2. The van der Waals surface area contributed by atoms with Crippen LogP contribution in [0.2, 0.25) is 5.02 Å². The molecule has 0 radical (unpaired) electrons. The van der Waals surface area contributed by atoms with Gasteiger partial charge in [0.25, 0.3) is 0 Å². The second-order valence-electron chi connectivity index (χ2n) is 7.56. The van der Waals surface area contributed by atoms with Crippen molar-refractivity contribution in [2.45, 2.75) is 44.9 Å². The lowest BCUT2D eigenvalue weighted by molar-refractivity contribution is 0.0384. The molecule has 1 aliphatic heterocycles. The zero-order chi connectivity index (χ0) is 19.5. The molecule has 1 aliphatic rings. The maximum atomic E-state index is 12.3. The molecule has 1 amide bonds. The molecular weight excluding hydrogens is 424 g/mol. The van der Waals surface area contributed by atoms with Crippen LogP contribution in [0.5, 0.6) is 0 Å². The van der Waals surface area contributed by atoms with Crippen LogP contribution in [0.4, 0.5) is 10.5 Å². The van der Waals surface area contributed by atoms with E-state index in [4.69, 9.17) is 21.1 Å². The number of anilines is 1. The van der Waals surface area contributed by atoms with Crippen LogP contribution in [0.25, 0.3) is 0 Å². The summed E-state index contributed by atoms with van der Waals surface area (Å²) in [7, 11) is 1.61. The van der Waals surface area contributed by atoms with Gasteiger partial charge in [-0.05, 0) is 39.3 Å².